The predicted molar refractivity (Wildman–Crippen MR) is 123 cm³/mol. The van der Waals surface area contributed by atoms with Crippen LogP contribution in [0.4, 0.5) is 17.6 Å². The molecule has 0 radical (unpaired) electrons. The lowest BCUT2D eigenvalue weighted by molar-refractivity contribution is -0.140. The van der Waals surface area contributed by atoms with Gasteiger partial charge in [0.2, 0.25) is 0 Å². The molecular weight excluding hydrogens is 412 g/mol. The Morgan fingerprint density at radius 2 is 1.69 bits per heavy atom. The topological polar surface area (TPSA) is 0 Å². The molecule has 0 N–H and O–H groups in total. The Balaban J connectivity index is 1.40. The van der Waals surface area contributed by atoms with Gasteiger partial charge in [-0.3, -0.25) is 0 Å². The van der Waals surface area contributed by atoms with Crippen molar-refractivity contribution >= 4 is 0 Å². The molecule has 2 saturated carbocycles. The second-order valence-electron chi connectivity index (χ2n) is 9.71. The van der Waals surface area contributed by atoms with Crippen LogP contribution in [0, 0.1) is 35.4 Å². The molecule has 0 aliphatic heterocycles. The smallest absolute Gasteiger partial charge is 0.206 e. The van der Waals surface area contributed by atoms with Crippen LogP contribution in [0.3, 0.4) is 0 Å². The molecule has 0 saturated heterocycles. The average Bonchev–Trinajstić information content (AvgIpc) is 2.77. The summed E-state index contributed by atoms with van der Waals surface area (Å²) in [4.78, 5) is 0. The van der Waals surface area contributed by atoms with Crippen molar-refractivity contribution in [2.24, 2.45) is 17.8 Å². The summed E-state index contributed by atoms with van der Waals surface area (Å²) in [6.07, 6.45) is 13.9. The molecule has 3 rings (SSSR count). The maximum absolute atomic E-state index is 13.9. The van der Waals surface area contributed by atoms with E-state index in [4.69, 9.17) is 0 Å². The van der Waals surface area contributed by atoms with E-state index in [9.17, 15) is 17.6 Å². The Bertz CT molecular complexity index is 795. The Kier molecular flexibility index (Phi) is 9.26. The van der Waals surface area contributed by atoms with Crippen molar-refractivity contribution in [3.8, 4) is 11.8 Å². The summed E-state index contributed by atoms with van der Waals surface area (Å²) in [6.45, 7) is 2.26. The number of halogens is 4. The summed E-state index contributed by atoms with van der Waals surface area (Å²) in [7, 11) is 0. The highest BCUT2D eigenvalue weighted by Crippen LogP contribution is 2.38. The molecule has 0 aromatic heterocycles. The standard InChI is InChI=1S/C28H36F4/c1-2-3-4-7-21-10-12-22(13-11-21)8-5-6-9-23-14-16-24(17-15-23)25-18-19-26(27(29)20-25)28(30,31)32/h5,8,18-24H,2-4,7,10-17H2,1H3. The van der Waals surface area contributed by atoms with E-state index in [1.54, 1.807) is 0 Å². The van der Waals surface area contributed by atoms with Gasteiger partial charge in [0.05, 0.1) is 5.56 Å². The highest BCUT2D eigenvalue weighted by atomic mass is 19.4. The third-order valence-electron chi connectivity index (χ3n) is 7.34. The van der Waals surface area contributed by atoms with E-state index in [-0.39, 0.29) is 5.92 Å². The number of unbranched alkanes of at least 4 members (excludes halogenated alkanes) is 2. The number of hydrogen-bond acceptors (Lipinski definition) is 0. The lowest BCUT2D eigenvalue weighted by Gasteiger charge is -2.26. The van der Waals surface area contributed by atoms with Crippen molar-refractivity contribution in [2.75, 3.05) is 0 Å². The SMILES string of the molecule is CCCCCC1CCC(C=CC#CC2CCC(c3ccc(C(F)(F)F)c(F)c3)CC2)CC1. The molecule has 1 aromatic rings. The van der Waals surface area contributed by atoms with Gasteiger partial charge < -0.3 is 0 Å². The van der Waals surface area contributed by atoms with E-state index in [1.165, 1.54) is 57.4 Å². The summed E-state index contributed by atoms with van der Waals surface area (Å²) < 4.78 is 52.1. The molecule has 2 aliphatic carbocycles. The number of rotatable bonds is 6. The minimum Gasteiger partial charge on any atom is -0.206 e. The van der Waals surface area contributed by atoms with Crippen LogP contribution in [0.5, 0.6) is 0 Å². The summed E-state index contributed by atoms with van der Waals surface area (Å²) in [6, 6.07) is 3.38. The Labute approximate surface area is 190 Å². The molecule has 0 amide bonds. The van der Waals surface area contributed by atoms with E-state index in [0.29, 0.717) is 17.4 Å². The quantitative estimate of drug-likeness (QED) is 0.231. The summed E-state index contributed by atoms with van der Waals surface area (Å²) in [5, 5.41) is 0. The number of benzene rings is 1. The molecule has 4 heteroatoms. The largest absolute Gasteiger partial charge is 0.419 e. The van der Waals surface area contributed by atoms with Crippen molar-refractivity contribution in [2.45, 2.75) is 96.1 Å². The fourth-order valence-corrected chi connectivity index (χ4v) is 5.29. The van der Waals surface area contributed by atoms with Gasteiger partial charge in [0.25, 0.3) is 0 Å². The summed E-state index contributed by atoms with van der Waals surface area (Å²) in [5.41, 5.74) is -0.510. The first kappa shape index (κ1) is 24.9. The third kappa shape index (κ3) is 7.39. The minimum atomic E-state index is -4.64. The molecule has 2 aliphatic rings. The molecule has 0 atom stereocenters. The zero-order valence-electron chi connectivity index (χ0n) is 19.2. The van der Waals surface area contributed by atoms with Crippen LogP contribution < -0.4 is 0 Å². The van der Waals surface area contributed by atoms with Crippen molar-refractivity contribution < 1.29 is 17.6 Å². The van der Waals surface area contributed by atoms with Crippen LogP contribution in [0.2, 0.25) is 0 Å². The second-order valence-corrected chi connectivity index (χ2v) is 9.71. The monoisotopic (exact) mass is 448 g/mol. The minimum absolute atomic E-state index is 0.118. The highest BCUT2D eigenvalue weighted by Gasteiger charge is 2.34. The summed E-state index contributed by atoms with van der Waals surface area (Å²) >= 11 is 0. The van der Waals surface area contributed by atoms with E-state index >= 15 is 0 Å². The number of hydrogen-bond donors (Lipinski definition) is 0. The van der Waals surface area contributed by atoms with Crippen molar-refractivity contribution in [1.82, 2.24) is 0 Å². The van der Waals surface area contributed by atoms with E-state index in [0.717, 1.165) is 43.7 Å². The Hall–Kier alpha value is -1.76. The van der Waals surface area contributed by atoms with Crippen LogP contribution >= 0.6 is 0 Å². The lowest BCUT2D eigenvalue weighted by Crippen LogP contribution is -2.14. The van der Waals surface area contributed by atoms with E-state index in [1.807, 2.05) is 6.08 Å². The van der Waals surface area contributed by atoms with Gasteiger partial charge in [0.15, 0.2) is 0 Å². The normalized spacial score (nSPS) is 26.7. The number of allylic oxidation sites excluding steroid dienone is 2. The van der Waals surface area contributed by atoms with Gasteiger partial charge in [0.1, 0.15) is 5.82 Å². The summed E-state index contributed by atoms with van der Waals surface area (Å²) in [5.74, 6) is 7.44. The number of alkyl halides is 3. The molecule has 32 heavy (non-hydrogen) atoms. The first-order valence-electron chi connectivity index (χ1n) is 12.4. The maximum atomic E-state index is 13.9. The van der Waals surface area contributed by atoms with Crippen LogP contribution in [-0.4, -0.2) is 0 Å². The first-order chi connectivity index (χ1) is 15.4. The molecule has 0 nitrogen and oxygen atoms in total. The lowest BCUT2D eigenvalue weighted by atomic mass is 9.78. The molecule has 0 heterocycles. The molecule has 2 fully saturated rings. The van der Waals surface area contributed by atoms with Gasteiger partial charge in [-0.15, -0.1) is 0 Å². The fourth-order valence-electron chi connectivity index (χ4n) is 5.29. The van der Waals surface area contributed by atoms with Crippen LogP contribution in [0.25, 0.3) is 0 Å². The second kappa shape index (κ2) is 11.9. The Morgan fingerprint density at radius 3 is 2.31 bits per heavy atom. The van der Waals surface area contributed by atoms with Crippen LogP contribution in [-0.2, 0) is 6.18 Å². The van der Waals surface area contributed by atoms with Crippen molar-refractivity contribution in [3.63, 3.8) is 0 Å². The molecule has 0 unspecified atom stereocenters. The zero-order valence-corrected chi connectivity index (χ0v) is 19.2. The third-order valence-corrected chi connectivity index (χ3v) is 7.34. The fraction of sp³-hybridized carbons (Fsp3) is 0.643. The molecule has 0 spiro atoms. The zero-order chi connectivity index (χ0) is 23.0. The average molecular weight is 449 g/mol. The van der Waals surface area contributed by atoms with Crippen LogP contribution in [0.15, 0.2) is 30.4 Å². The van der Waals surface area contributed by atoms with Gasteiger partial charge in [0, 0.05) is 5.92 Å². The van der Waals surface area contributed by atoms with Gasteiger partial charge in [-0.05, 0) is 92.9 Å². The van der Waals surface area contributed by atoms with Crippen molar-refractivity contribution in [1.29, 1.82) is 0 Å². The van der Waals surface area contributed by atoms with Gasteiger partial charge in [-0.2, -0.15) is 13.2 Å². The molecule has 0 bridgehead atoms. The van der Waals surface area contributed by atoms with E-state index in [2.05, 4.69) is 24.8 Å². The van der Waals surface area contributed by atoms with Gasteiger partial charge in [-0.1, -0.05) is 56.6 Å². The Morgan fingerprint density at radius 1 is 0.969 bits per heavy atom. The predicted octanol–water partition coefficient (Wildman–Crippen LogP) is 9.06. The van der Waals surface area contributed by atoms with Crippen molar-refractivity contribution in [3.05, 3.63) is 47.3 Å². The highest BCUT2D eigenvalue weighted by molar-refractivity contribution is 5.29. The van der Waals surface area contributed by atoms with E-state index < -0.39 is 17.6 Å². The van der Waals surface area contributed by atoms with Gasteiger partial charge >= 0.3 is 6.18 Å². The van der Waals surface area contributed by atoms with Crippen LogP contribution in [0.1, 0.15) is 101 Å². The first-order valence-corrected chi connectivity index (χ1v) is 12.4. The maximum Gasteiger partial charge on any atom is 0.419 e. The molecule has 1 aromatic carbocycles. The molecular formula is C28H36F4. The van der Waals surface area contributed by atoms with Gasteiger partial charge in [-0.25, -0.2) is 4.39 Å². The molecule has 176 valence electrons.